The first-order chi connectivity index (χ1) is 14.6. The molecule has 0 aliphatic carbocycles. The zero-order chi connectivity index (χ0) is 21.3. The minimum Gasteiger partial charge on any atom is -0.490 e. The molecule has 8 heteroatoms. The Morgan fingerprint density at radius 2 is 2.10 bits per heavy atom. The van der Waals surface area contributed by atoms with Gasteiger partial charge >= 0.3 is 0 Å². The highest BCUT2D eigenvalue weighted by molar-refractivity contribution is 9.09. The molecule has 7 nitrogen and oxygen atoms in total. The van der Waals surface area contributed by atoms with Crippen LogP contribution in [0.2, 0.25) is 0 Å². The summed E-state index contributed by atoms with van der Waals surface area (Å²) in [6.07, 6.45) is 3.36. The van der Waals surface area contributed by atoms with Crippen LogP contribution in [-0.2, 0) is 9.53 Å². The molecule has 1 N–H and O–H groups in total. The predicted molar refractivity (Wildman–Crippen MR) is 120 cm³/mol. The third-order valence-corrected chi connectivity index (χ3v) is 6.38. The van der Waals surface area contributed by atoms with Gasteiger partial charge in [0.25, 0.3) is 5.91 Å². The molecule has 1 aromatic carbocycles. The topological polar surface area (TPSA) is 71.1 Å². The van der Waals surface area contributed by atoms with E-state index in [1.54, 1.807) is 18.2 Å². The van der Waals surface area contributed by atoms with E-state index in [1.807, 2.05) is 4.90 Å². The predicted octanol–water partition coefficient (Wildman–Crippen LogP) is 2.77. The molecule has 30 heavy (non-hydrogen) atoms. The van der Waals surface area contributed by atoms with Gasteiger partial charge in [0.2, 0.25) is 5.91 Å². The molecule has 2 heterocycles. The lowest BCUT2D eigenvalue weighted by atomic mass is 9.99. The number of halogens is 1. The second kappa shape index (κ2) is 11.5. The minimum atomic E-state index is -0.316. The van der Waals surface area contributed by atoms with Crippen molar-refractivity contribution in [2.45, 2.75) is 12.8 Å². The summed E-state index contributed by atoms with van der Waals surface area (Å²) in [6.45, 7) is 9.47. The summed E-state index contributed by atoms with van der Waals surface area (Å²) in [4.78, 5) is 29.0. The summed E-state index contributed by atoms with van der Waals surface area (Å²) < 4.78 is 11.4. The van der Waals surface area contributed by atoms with Gasteiger partial charge in [-0.2, -0.15) is 0 Å². The van der Waals surface area contributed by atoms with E-state index in [2.05, 4.69) is 32.7 Å². The number of likely N-dealkylation sites (tertiary alicyclic amines) is 1. The standard InChI is InChI=1S/C22H30BrN3O4/c1-2-21(27)24-19-6-5-18(22(28)26-7-3-4-17(15-23)16-26)14-20(19)30-13-10-25-8-11-29-12-9-25/h2,5-6,14,17H,1,3-4,7-13,15-16H2,(H,24,27). The van der Waals surface area contributed by atoms with E-state index < -0.39 is 0 Å². The maximum atomic E-state index is 13.1. The highest BCUT2D eigenvalue weighted by atomic mass is 79.9. The molecular formula is C22H30BrN3O4. The number of anilines is 1. The van der Waals surface area contributed by atoms with Crippen molar-refractivity contribution in [1.82, 2.24) is 9.80 Å². The van der Waals surface area contributed by atoms with Gasteiger partial charge in [-0.15, -0.1) is 0 Å². The molecule has 2 aliphatic rings. The molecule has 2 saturated heterocycles. The van der Waals surface area contributed by atoms with E-state index in [9.17, 15) is 9.59 Å². The van der Waals surface area contributed by atoms with Crippen molar-refractivity contribution >= 4 is 33.4 Å². The Kier molecular flexibility index (Phi) is 8.72. The Morgan fingerprint density at radius 1 is 1.30 bits per heavy atom. The van der Waals surface area contributed by atoms with Crippen LogP contribution in [0.3, 0.4) is 0 Å². The average molecular weight is 480 g/mol. The van der Waals surface area contributed by atoms with Crippen molar-refractivity contribution in [1.29, 1.82) is 0 Å². The number of ether oxygens (including phenoxy) is 2. The summed E-state index contributed by atoms with van der Waals surface area (Å²) in [6, 6.07) is 5.20. The molecule has 2 amide bonds. The number of piperidine rings is 1. The van der Waals surface area contributed by atoms with Crippen molar-refractivity contribution < 1.29 is 19.1 Å². The smallest absolute Gasteiger partial charge is 0.254 e. The average Bonchev–Trinajstić information content (AvgIpc) is 2.80. The van der Waals surface area contributed by atoms with Crippen LogP contribution < -0.4 is 10.1 Å². The number of hydrogen-bond acceptors (Lipinski definition) is 5. The number of carbonyl (C=O) groups excluding carboxylic acids is 2. The van der Waals surface area contributed by atoms with E-state index in [0.717, 1.165) is 64.1 Å². The SMILES string of the molecule is C=CC(=O)Nc1ccc(C(=O)N2CCCC(CBr)C2)cc1OCCN1CCOCC1. The van der Waals surface area contributed by atoms with Gasteiger partial charge in [0.15, 0.2) is 0 Å². The molecule has 2 fully saturated rings. The van der Waals surface area contributed by atoms with Crippen molar-refractivity contribution in [3.63, 3.8) is 0 Å². The van der Waals surface area contributed by atoms with Gasteiger partial charge in [-0.1, -0.05) is 22.5 Å². The quantitative estimate of drug-likeness (QED) is 0.458. The Balaban J connectivity index is 1.70. The van der Waals surface area contributed by atoms with E-state index in [0.29, 0.717) is 29.5 Å². The Morgan fingerprint density at radius 3 is 2.83 bits per heavy atom. The molecular weight excluding hydrogens is 450 g/mol. The first-order valence-corrected chi connectivity index (χ1v) is 11.6. The highest BCUT2D eigenvalue weighted by Crippen LogP contribution is 2.28. The normalized spacial score (nSPS) is 19.9. The number of hydrogen-bond donors (Lipinski definition) is 1. The number of nitrogens with zero attached hydrogens (tertiary/aromatic N) is 2. The molecule has 0 bridgehead atoms. The Bertz CT molecular complexity index is 752. The number of benzene rings is 1. The molecule has 1 atom stereocenters. The van der Waals surface area contributed by atoms with E-state index in [1.165, 1.54) is 6.08 Å². The monoisotopic (exact) mass is 479 g/mol. The van der Waals surface area contributed by atoms with Crippen LogP contribution in [0.1, 0.15) is 23.2 Å². The maximum absolute atomic E-state index is 13.1. The lowest BCUT2D eigenvalue weighted by Gasteiger charge is -2.32. The van der Waals surface area contributed by atoms with Crippen LogP contribution >= 0.6 is 15.9 Å². The fraction of sp³-hybridized carbons (Fsp3) is 0.545. The fourth-order valence-electron chi connectivity index (χ4n) is 3.73. The van der Waals surface area contributed by atoms with Gasteiger partial charge in [-0.05, 0) is 43.0 Å². The summed E-state index contributed by atoms with van der Waals surface area (Å²) in [5.41, 5.74) is 1.11. The number of morpholine rings is 1. The van der Waals surface area contributed by atoms with Crippen LogP contribution in [0.4, 0.5) is 5.69 Å². The molecule has 0 saturated carbocycles. The van der Waals surface area contributed by atoms with Gasteiger partial charge in [0.1, 0.15) is 12.4 Å². The van der Waals surface area contributed by atoms with Gasteiger partial charge < -0.3 is 19.7 Å². The third-order valence-electron chi connectivity index (χ3n) is 5.47. The number of carbonyl (C=O) groups is 2. The van der Waals surface area contributed by atoms with Gasteiger partial charge in [0, 0.05) is 43.6 Å². The van der Waals surface area contributed by atoms with Crippen molar-refractivity contribution in [3.8, 4) is 5.75 Å². The first-order valence-electron chi connectivity index (χ1n) is 10.5. The van der Waals surface area contributed by atoms with Crippen LogP contribution in [0.15, 0.2) is 30.9 Å². The van der Waals surface area contributed by atoms with Crippen molar-refractivity contribution in [3.05, 3.63) is 36.4 Å². The van der Waals surface area contributed by atoms with Crippen molar-refractivity contribution in [2.24, 2.45) is 5.92 Å². The summed E-state index contributed by atoms with van der Waals surface area (Å²) in [7, 11) is 0. The molecule has 2 aliphatic heterocycles. The van der Waals surface area contributed by atoms with E-state index >= 15 is 0 Å². The molecule has 164 valence electrons. The number of amides is 2. The second-order valence-electron chi connectivity index (χ2n) is 7.62. The van der Waals surface area contributed by atoms with E-state index in [4.69, 9.17) is 9.47 Å². The van der Waals surface area contributed by atoms with E-state index in [-0.39, 0.29) is 11.8 Å². The molecule has 1 unspecified atom stereocenters. The highest BCUT2D eigenvalue weighted by Gasteiger charge is 2.24. The van der Waals surface area contributed by atoms with Crippen LogP contribution in [0.25, 0.3) is 0 Å². The Hall–Kier alpha value is -1.90. The summed E-state index contributed by atoms with van der Waals surface area (Å²) >= 11 is 3.54. The molecule has 0 spiro atoms. The zero-order valence-corrected chi connectivity index (χ0v) is 18.9. The molecule has 3 rings (SSSR count). The molecule has 1 aromatic rings. The lowest BCUT2D eigenvalue weighted by molar-refractivity contribution is -0.111. The maximum Gasteiger partial charge on any atom is 0.254 e. The molecule has 0 radical (unpaired) electrons. The first kappa shape index (κ1) is 22.8. The van der Waals surface area contributed by atoms with Crippen LogP contribution in [0, 0.1) is 5.92 Å². The van der Waals surface area contributed by atoms with Gasteiger partial charge in [0.05, 0.1) is 18.9 Å². The number of nitrogens with one attached hydrogen (secondary N) is 1. The van der Waals surface area contributed by atoms with Gasteiger partial charge in [-0.25, -0.2) is 0 Å². The lowest BCUT2D eigenvalue weighted by Crippen LogP contribution is -2.40. The third kappa shape index (κ3) is 6.30. The summed E-state index contributed by atoms with van der Waals surface area (Å²) in [5, 5.41) is 3.67. The second-order valence-corrected chi connectivity index (χ2v) is 8.27. The fourth-order valence-corrected chi connectivity index (χ4v) is 4.26. The Labute approximate surface area is 186 Å². The number of rotatable bonds is 8. The largest absolute Gasteiger partial charge is 0.490 e. The zero-order valence-electron chi connectivity index (χ0n) is 17.3. The van der Waals surface area contributed by atoms with Gasteiger partial charge in [-0.3, -0.25) is 14.5 Å². The molecule has 0 aromatic heterocycles. The van der Waals surface area contributed by atoms with Crippen LogP contribution in [0.5, 0.6) is 5.75 Å². The van der Waals surface area contributed by atoms with Crippen molar-refractivity contribution in [2.75, 3.05) is 63.2 Å². The number of alkyl halides is 1. The minimum absolute atomic E-state index is 0.000256. The summed E-state index contributed by atoms with van der Waals surface area (Å²) in [5.74, 6) is 0.667. The van der Waals surface area contributed by atoms with Crippen LogP contribution in [-0.4, -0.2) is 79.5 Å².